The molecule has 0 unspecified atom stereocenters. The molecule has 0 radical (unpaired) electrons. The van der Waals surface area contributed by atoms with Gasteiger partial charge in [0.15, 0.2) is 5.03 Å². The number of thiazole rings is 1. The van der Waals surface area contributed by atoms with Gasteiger partial charge in [-0.1, -0.05) is 66.3 Å². The Balaban J connectivity index is 2.11. The van der Waals surface area contributed by atoms with Gasteiger partial charge in [0, 0.05) is 6.04 Å². The van der Waals surface area contributed by atoms with Crippen LogP contribution in [-0.4, -0.2) is 27.6 Å². The van der Waals surface area contributed by atoms with E-state index in [1.807, 2.05) is 44.2 Å². The van der Waals surface area contributed by atoms with Crippen molar-refractivity contribution >= 4 is 36.0 Å². The second-order valence-electron chi connectivity index (χ2n) is 6.61. The van der Waals surface area contributed by atoms with Gasteiger partial charge in [-0.3, -0.25) is 0 Å². The molecule has 1 heterocycles. The van der Waals surface area contributed by atoms with Crippen LogP contribution in [0.1, 0.15) is 31.0 Å². The zero-order chi connectivity index (χ0) is 21.2. The monoisotopic (exact) mass is 450 g/mol. The van der Waals surface area contributed by atoms with Crippen LogP contribution in [0.5, 0.6) is 0 Å². The van der Waals surface area contributed by atoms with Gasteiger partial charge in [-0.15, -0.1) is 0 Å². The lowest BCUT2D eigenvalue weighted by atomic mass is 10.1. The van der Waals surface area contributed by atoms with E-state index in [1.54, 1.807) is 12.1 Å². The molecule has 6 nitrogen and oxygen atoms in total. The fraction of sp³-hybridized carbons (Fsp3) is 0.250. The van der Waals surface area contributed by atoms with Crippen LogP contribution in [0.4, 0.5) is 5.00 Å². The first-order valence-electron chi connectivity index (χ1n) is 9.02. The van der Waals surface area contributed by atoms with Gasteiger partial charge in [0.05, 0.1) is 10.6 Å². The number of anilines is 1. The Morgan fingerprint density at radius 3 is 2.21 bits per heavy atom. The number of aryl methyl sites for hydroxylation is 1. The summed E-state index contributed by atoms with van der Waals surface area (Å²) in [6.45, 7) is 5.25. The zero-order valence-electron chi connectivity index (χ0n) is 16.3. The highest BCUT2D eigenvalue weighted by Gasteiger charge is 2.30. The number of hydrogen-bond acceptors (Lipinski definition) is 7. The third-order valence-electron chi connectivity index (χ3n) is 4.46. The van der Waals surface area contributed by atoms with Crippen LogP contribution in [0, 0.1) is 6.92 Å². The molecule has 0 aliphatic carbocycles. The average Bonchev–Trinajstić information content (AvgIpc) is 3.14. The summed E-state index contributed by atoms with van der Waals surface area (Å²) in [6, 6.07) is 15.7. The van der Waals surface area contributed by atoms with Gasteiger partial charge in [0.2, 0.25) is 24.0 Å². The highest BCUT2D eigenvalue weighted by Crippen LogP contribution is 2.37. The molecule has 0 fully saturated rings. The van der Waals surface area contributed by atoms with Crippen molar-refractivity contribution in [3.05, 3.63) is 65.7 Å². The van der Waals surface area contributed by atoms with Gasteiger partial charge in [-0.05, 0) is 31.5 Å². The Hall–Kier alpha value is -2.23. The van der Waals surface area contributed by atoms with E-state index in [1.165, 1.54) is 19.1 Å². The van der Waals surface area contributed by atoms with Gasteiger partial charge in [-0.25, -0.2) is 21.8 Å². The normalized spacial score (nSPS) is 13.2. The number of aromatic nitrogens is 1. The molecule has 2 aromatic carbocycles. The van der Waals surface area contributed by atoms with Crippen molar-refractivity contribution in [3.8, 4) is 0 Å². The summed E-state index contributed by atoms with van der Waals surface area (Å²) >= 11 is 0.849. The maximum Gasteiger partial charge on any atom is 0.226 e. The third-order valence-corrected chi connectivity index (χ3v) is 9.46. The van der Waals surface area contributed by atoms with E-state index < -0.39 is 19.7 Å². The number of benzene rings is 2. The topological polar surface area (TPSA) is 93.2 Å². The molecular weight excluding hydrogens is 428 g/mol. The van der Waals surface area contributed by atoms with E-state index in [4.69, 9.17) is 0 Å². The lowest BCUT2D eigenvalue weighted by Gasteiger charge is -2.15. The van der Waals surface area contributed by atoms with Gasteiger partial charge >= 0.3 is 0 Å². The summed E-state index contributed by atoms with van der Waals surface area (Å²) < 4.78 is 51.0. The smallest absolute Gasteiger partial charge is 0.226 e. The molecule has 0 bridgehead atoms. The minimum absolute atomic E-state index is 0.0734. The van der Waals surface area contributed by atoms with E-state index in [0.29, 0.717) is 0 Å². The minimum Gasteiger partial charge on any atom is -0.368 e. The Labute approximate surface area is 175 Å². The third kappa shape index (κ3) is 4.52. The largest absolute Gasteiger partial charge is 0.368 e. The molecule has 0 spiro atoms. The fourth-order valence-electron chi connectivity index (χ4n) is 2.67. The number of rotatable bonds is 7. The second-order valence-corrected chi connectivity index (χ2v) is 11.9. The highest BCUT2D eigenvalue weighted by atomic mass is 32.2. The number of sulfone groups is 2. The van der Waals surface area contributed by atoms with Crippen LogP contribution >= 0.6 is 11.3 Å². The van der Waals surface area contributed by atoms with Crippen molar-refractivity contribution in [1.29, 1.82) is 0 Å². The molecular formula is C20H22N2O4S3. The van der Waals surface area contributed by atoms with E-state index in [2.05, 4.69) is 10.3 Å². The Morgan fingerprint density at radius 2 is 1.62 bits per heavy atom. The van der Waals surface area contributed by atoms with Crippen LogP contribution < -0.4 is 5.32 Å². The van der Waals surface area contributed by atoms with Crippen molar-refractivity contribution < 1.29 is 16.8 Å². The Morgan fingerprint density at radius 1 is 1.00 bits per heavy atom. The first-order chi connectivity index (χ1) is 13.6. The molecule has 0 saturated carbocycles. The molecule has 0 saturated heterocycles. The number of hydrogen-bond donors (Lipinski definition) is 1. The van der Waals surface area contributed by atoms with Crippen LogP contribution in [0.2, 0.25) is 0 Å². The lowest BCUT2D eigenvalue weighted by Crippen LogP contribution is -2.10. The second kappa shape index (κ2) is 8.25. The predicted octanol–water partition coefficient (Wildman–Crippen LogP) is 4.25. The van der Waals surface area contributed by atoms with Gasteiger partial charge in [-0.2, -0.15) is 0 Å². The van der Waals surface area contributed by atoms with Crippen molar-refractivity contribution in [2.24, 2.45) is 0 Å². The van der Waals surface area contributed by atoms with E-state index in [-0.39, 0.29) is 31.1 Å². The molecule has 3 rings (SSSR count). The van der Waals surface area contributed by atoms with Gasteiger partial charge in [0.1, 0.15) is 5.00 Å². The van der Waals surface area contributed by atoms with Crippen LogP contribution in [0.3, 0.4) is 0 Å². The lowest BCUT2D eigenvalue weighted by molar-refractivity contribution is 0.590. The maximum absolute atomic E-state index is 13.2. The van der Waals surface area contributed by atoms with Crippen molar-refractivity contribution in [1.82, 2.24) is 4.98 Å². The van der Waals surface area contributed by atoms with Crippen LogP contribution in [-0.2, 0) is 19.7 Å². The summed E-state index contributed by atoms with van der Waals surface area (Å²) in [5.41, 5.74) is 1.87. The molecule has 0 aliphatic heterocycles. The van der Waals surface area contributed by atoms with Gasteiger partial charge < -0.3 is 5.32 Å². The van der Waals surface area contributed by atoms with E-state index in [0.717, 1.165) is 22.5 Å². The first-order valence-corrected chi connectivity index (χ1v) is 13.0. The minimum atomic E-state index is -3.99. The molecule has 29 heavy (non-hydrogen) atoms. The summed E-state index contributed by atoms with van der Waals surface area (Å²) in [5, 5.41) is 3.10. The molecule has 3 aromatic rings. The summed E-state index contributed by atoms with van der Waals surface area (Å²) in [4.78, 5) is 4.12. The average molecular weight is 451 g/mol. The van der Waals surface area contributed by atoms with Crippen LogP contribution in [0.15, 0.2) is 68.9 Å². The molecule has 154 valence electrons. The molecule has 0 amide bonds. The van der Waals surface area contributed by atoms with Crippen molar-refractivity contribution in [2.45, 2.75) is 41.1 Å². The maximum atomic E-state index is 13.2. The fourth-order valence-corrected chi connectivity index (χ4v) is 6.74. The van der Waals surface area contributed by atoms with E-state index in [9.17, 15) is 16.8 Å². The van der Waals surface area contributed by atoms with Gasteiger partial charge in [0.25, 0.3) is 0 Å². The Kier molecular flexibility index (Phi) is 6.11. The number of nitrogens with one attached hydrogen (secondary N) is 1. The highest BCUT2D eigenvalue weighted by molar-refractivity contribution is 7.94. The summed E-state index contributed by atoms with van der Waals surface area (Å²) in [7, 11) is -7.64. The predicted molar refractivity (Wildman–Crippen MR) is 115 cm³/mol. The molecule has 1 N–H and O–H groups in total. The number of nitrogens with zero attached hydrogens (tertiary/aromatic N) is 1. The van der Waals surface area contributed by atoms with Crippen molar-refractivity contribution in [2.75, 3.05) is 11.1 Å². The van der Waals surface area contributed by atoms with Crippen molar-refractivity contribution in [3.63, 3.8) is 0 Å². The standard InChI is InChI=1S/C20H22N2O4S3/c1-4-28(23,24)20-22-19(29(25,26)17-12-10-14(2)11-13-17)18(27-20)21-15(3)16-8-6-5-7-9-16/h5-13,15,21H,4H2,1-3H3/t15-/m1/s1. The van der Waals surface area contributed by atoms with Crippen LogP contribution in [0.25, 0.3) is 0 Å². The first kappa shape index (κ1) is 21.5. The molecule has 9 heteroatoms. The Bertz CT molecular complexity index is 1200. The zero-order valence-corrected chi connectivity index (χ0v) is 18.7. The molecule has 1 atom stereocenters. The quantitative estimate of drug-likeness (QED) is 0.578. The molecule has 1 aromatic heterocycles. The summed E-state index contributed by atoms with van der Waals surface area (Å²) in [5.74, 6) is -0.155. The summed E-state index contributed by atoms with van der Waals surface area (Å²) in [6.07, 6.45) is 0. The molecule has 0 aliphatic rings. The SMILES string of the molecule is CCS(=O)(=O)c1nc(S(=O)(=O)c2ccc(C)cc2)c(N[C@H](C)c2ccccc2)s1. The van der Waals surface area contributed by atoms with E-state index >= 15 is 0 Å².